The third-order valence-electron chi connectivity index (χ3n) is 5.05. The van der Waals surface area contributed by atoms with Crippen LogP contribution in [0.25, 0.3) is 11.0 Å². The third-order valence-corrected chi connectivity index (χ3v) is 5.05. The molecule has 0 fully saturated rings. The summed E-state index contributed by atoms with van der Waals surface area (Å²) in [6, 6.07) is 13.6. The normalized spacial score (nSPS) is 13.1. The summed E-state index contributed by atoms with van der Waals surface area (Å²) in [4.78, 5) is 13.6. The van der Waals surface area contributed by atoms with E-state index in [1.807, 2.05) is 63.4 Å². The van der Waals surface area contributed by atoms with Gasteiger partial charge in [0.05, 0.1) is 27.3 Å². The van der Waals surface area contributed by atoms with E-state index in [0.717, 1.165) is 32.8 Å². The molecule has 3 aromatic rings. The molecule has 2 atom stereocenters. The highest BCUT2D eigenvalue weighted by Gasteiger charge is 2.18. The number of furan rings is 1. The predicted octanol–water partition coefficient (Wildman–Crippen LogP) is 2.65. The number of nitrogens with one attached hydrogen (secondary N) is 2. The van der Waals surface area contributed by atoms with Crippen LogP contribution in [-0.4, -0.2) is 33.7 Å². The molecule has 0 saturated carbocycles. The molecule has 1 unspecified atom stereocenters. The Labute approximate surface area is 171 Å². The summed E-state index contributed by atoms with van der Waals surface area (Å²) >= 11 is 0. The molecule has 0 saturated heterocycles. The lowest BCUT2D eigenvalue weighted by Gasteiger charge is -2.18. The van der Waals surface area contributed by atoms with Gasteiger partial charge in [0.15, 0.2) is 18.0 Å². The van der Waals surface area contributed by atoms with Crippen LogP contribution in [0.1, 0.15) is 29.9 Å². The molecule has 0 aliphatic rings. The Morgan fingerprint density at radius 3 is 2.52 bits per heavy atom. The Hall–Kier alpha value is -2.99. The fourth-order valence-corrected chi connectivity index (χ4v) is 3.45. The van der Waals surface area contributed by atoms with Crippen molar-refractivity contribution in [2.75, 3.05) is 27.8 Å². The largest absolute Gasteiger partial charge is 0.493 e. The van der Waals surface area contributed by atoms with Crippen LogP contribution in [0.5, 0.6) is 11.5 Å². The van der Waals surface area contributed by atoms with Crippen LogP contribution in [-0.2, 0) is 11.3 Å². The van der Waals surface area contributed by atoms with Crippen molar-refractivity contribution in [2.45, 2.75) is 26.4 Å². The van der Waals surface area contributed by atoms with Crippen molar-refractivity contribution < 1.29 is 23.6 Å². The van der Waals surface area contributed by atoms with Gasteiger partial charge in [-0.05, 0) is 43.7 Å². The van der Waals surface area contributed by atoms with Gasteiger partial charge in [-0.25, -0.2) is 0 Å². The van der Waals surface area contributed by atoms with E-state index in [0.29, 0.717) is 24.6 Å². The minimum atomic E-state index is -0.189. The predicted molar refractivity (Wildman–Crippen MR) is 113 cm³/mol. The van der Waals surface area contributed by atoms with E-state index in [-0.39, 0.29) is 11.9 Å². The second-order valence-corrected chi connectivity index (χ2v) is 7.42. The minimum Gasteiger partial charge on any atom is -0.493 e. The topological polar surface area (TPSA) is 65.1 Å². The van der Waals surface area contributed by atoms with E-state index < -0.39 is 0 Å². The molecule has 0 radical (unpaired) electrons. The van der Waals surface area contributed by atoms with E-state index >= 15 is 0 Å². The van der Waals surface area contributed by atoms with Gasteiger partial charge in [-0.3, -0.25) is 4.79 Å². The van der Waals surface area contributed by atoms with Gasteiger partial charge >= 0.3 is 0 Å². The molecule has 6 heteroatoms. The molecule has 1 aromatic heterocycles. The van der Waals surface area contributed by atoms with Crippen LogP contribution < -0.4 is 19.7 Å². The first-order chi connectivity index (χ1) is 13.9. The maximum Gasteiger partial charge on any atom is 0.275 e. The van der Waals surface area contributed by atoms with Gasteiger partial charge in [0.1, 0.15) is 17.9 Å². The number of ether oxygens (including phenoxy) is 2. The lowest BCUT2D eigenvalue weighted by molar-refractivity contribution is -0.885. The number of hydrogen-bond acceptors (Lipinski definition) is 4. The van der Waals surface area contributed by atoms with Crippen molar-refractivity contribution >= 4 is 16.9 Å². The number of aryl methyl sites for hydroxylation is 1. The highest BCUT2D eigenvalue weighted by atomic mass is 16.5. The number of hydrogen-bond donors (Lipinski definition) is 2. The summed E-state index contributed by atoms with van der Waals surface area (Å²) in [6.45, 7) is 5.04. The van der Waals surface area contributed by atoms with Gasteiger partial charge < -0.3 is 24.1 Å². The van der Waals surface area contributed by atoms with Crippen LogP contribution in [0, 0.1) is 6.92 Å². The van der Waals surface area contributed by atoms with Gasteiger partial charge in [-0.15, -0.1) is 0 Å². The zero-order chi connectivity index (χ0) is 21.0. The quantitative estimate of drug-likeness (QED) is 0.613. The number of amides is 1. The molecular formula is C23H29N2O4+. The number of carbonyl (C=O) groups is 1. The van der Waals surface area contributed by atoms with Gasteiger partial charge in [-0.1, -0.05) is 18.2 Å². The molecule has 0 aliphatic heterocycles. The molecule has 0 aliphatic carbocycles. The second kappa shape index (κ2) is 9.01. The van der Waals surface area contributed by atoms with Crippen LogP contribution in [0.2, 0.25) is 0 Å². The molecule has 2 aromatic carbocycles. The number of methoxy groups -OCH3 is 2. The molecule has 0 bridgehead atoms. The Morgan fingerprint density at radius 1 is 1.14 bits per heavy atom. The number of para-hydroxylation sites is 1. The monoisotopic (exact) mass is 397 g/mol. The number of fused-ring (bicyclic) bond motifs is 1. The number of quaternary nitrogens is 1. The van der Waals surface area contributed by atoms with Crippen LogP contribution in [0.3, 0.4) is 0 Å². The van der Waals surface area contributed by atoms with Gasteiger partial charge in [0.2, 0.25) is 0 Å². The summed E-state index contributed by atoms with van der Waals surface area (Å²) in [5, 5.41) is 4.07. The SMILES string of the molecule is COc1cc(C)c(C[NH+](C)CC(=O)N[C@H](C)c2cc3ccccc3o2)cc1OC. The lowest BCUT2D eigenvalue weighted by Crippen LogP contribution is -3.09. The van der Waals surface area contributed by atoms with Crippen molar-refractivity contribution in [1.29, 1.82) is 0 Å². The summed E-state index contributed by atoms with van der Waals surface area (Å²) in [7, 11) is 5.25. The van der Waals surface area contributed by atoms with Crippen molar-refractivity contribution in [3.05, 3.63) is 59.4 Å². The van der Waals surface area contributed by atoms with Crippen molar-refractivity contribution in [3.8, 4) is 11.5 Å². The molecule has 0 spiro atoms. The number of likely N-dealkylation sites (N-methyl/N-ethyl adjacent to an activating group) is 1. The van der Waals surface area contributed by atoms with E-state index in [4.69, 9.17) is 13.9 Å². The first-order valence-electron chi connectivity index (χ1n) is 9.72. The first-order valence-corrected chi connectivity index (χ1v) is 9.72. The number of carbonyl (C=O) groups excluding carboxylic acids is 1. The van der Waals surface area contributed by atoms with E-state index in [9.17, 15) is 4.79 Å². The number of benzene rings is 2. The average molecular weight is 397 g/mol. The Morgan fingerprint density at radius 2 is 1.83 bits per heavy atom. The van der Waals surface area contributed by atoms with E-state index in [1.165, 1.54) is 0 Å². The standard InChI is InChI=1S/C23H28N2O4/c1-15-10-21(27-4)22(28-5)12-18(15)13-25(3)14-23(26)24-16(2)20-11-17-8-6-7-9-19(17)29-20/h6-12,16H,13-14H2,1-5H3,(H,24,26)/p+1/t16-/m1/s1. The molecule has 3 rings (SSSR count). The van der Waals surface area contributed by atoms with Gasteiger partial charge in [-0.2, -0.15) is 0 Å². The molecule has 2 N–H and O–H groups in total. The first kappa shape index (κ1) is 20.7. The fraction of sp³-hybridized carbons (Fsp3) is 0.348. The van der Waals surface area contributed by atoms with Crippen LogP contribution >= 0.6 is 0 Å². The highest BCUT2D eigenvalue weighted by Crippen LogP contribution is 2.30. The van der Waals surface area contributed by atoms with E-state index in [1.54, 1.807) is 14.2 Å². The average Bonchev–Trinajstić information content (AvgIpc) is 3.13. The molecule has 29 heavy (non-hydrogen) atoms. The molecular weight excluding hydrogens is 368 g/mol. The van der Waals surface area contributed by atoms with Gasteiger partial charge in [0, 0.05) is 10.9 Å². The Balaban J connectivity index is 1.60. The second-order valence-electron chi connectivity index (χ2n) is 7.42. The molecule has 1 heterocycles. The summed E-state index contributed by atoms with van der Waals surface area (Å²) < 4.78 is 16.6. The maximum absolute atomic E-state index is 12.5. The zero-order valence-electron chi connectivity index (χ0n) is 17.7. The van der Waals surface area contributed by atoms with Crippen molar-refractivity contribution in [2.24, 2.45) is 0 Å². The fourth-order valence-electron chi connectivity index (χ4n) is 3.45. The molecule has 6 nitrogen and oxygen atoms in total. The number of rotatable bonds is 8. The Kier molecular flexibility index (Phi) is 6.44. The van der Waals surface area contributed by atoms with Crippen molar-refractivity contribution in [1.82, 2.24) is 5.32 Å². The molecule has 154 valence electrons. The van der Waals surface area contributed by atoms with Crippen LogP contribution in [0.15, 0.2) is 46.9 Å². The maximum atomic E-state index is 12.5. The summed E-state index contributed by atoms with van der Waals surface area (Å²) in [6.07, 6.45) is 0. The van der Waals surface area contributed by atoms with Crippen LogP contribution in [0.4, 0.5) is 0 Å². The van der Waals surface area contributed by atoms with E-state index in [2.05, 4.69) is 5.32 Å². The van der Waals surface area contributed by atoms with Crippen molar-refractivity contribution in [3.63, 3.8) is 0 Å². The summed E-state index contributed by atoms with van der Waals surface area (Å²) in [5.41, 5.74) is 3.06. The van der Waals surface area contributed by atoms with Gasteiger partial charge in [0.25, 0.3) is 5.91 Å². The third kappa shape index (κ3) is 4.90. The smallest absolute Gasteiger partial charge is 0.275 e. The Bertz CT molecular complexity index is 963. The zero-order valence-corrected chi connectivity index (χ0v) is 17.7. The molecule has 1 amide bonds. The lowest BCUT2D eigenvalue weighted by atomic mass is 10.1. The minimum absolute atomic E-state index is 0.0198. The highest BCUT2D eigenvalue weighted by molar-refractivity contribution is 5.79. The summed E-state index contributed by atoms with van der Waals surface area (Å²) in [5.74, 6) is 2.15.